The zero-order valence-electron chi connectivity index (χ0n) is 7.85. The van der Waals surface area contributed by atoms with Crippen LogP contribution in [-0.4, -0.2) is 24.7 Å². The van der Waals surface area contributed by atoms with Gasteiger partial charge in [-0.2, -0.15) is 0 Å². The largest absolute Gasteiger partial charge is 0.383 e. The quantitative estimate of drug-likeness (QED) is 0.757. The minimum absolute atomic E-state index is 0.565. The summed E-state index contributed by atoms with van der Waals surface area (Å²) in [6.07, 6.45) is 1.64. The number of nitrogen functional groups attached to an aromatic ring is 1. The number of imidazole rings is 1. The van der Waals surface area contributed by atoms with Gasteiger partial charge in [0.15, 0.2) is 5.16 Å². The Bertz CT molecular complexity index is 445. The Morgan fingerprint density at radius 3 is 2.86 bits per heavy atom. The molecule has 0 bridgehead atoms. The molecule has 6 nitrogen and oxygen atoms in total. The Balaban J connectivity index is 2.27. The number of anilines is 1. The molecular weight excluding hydrogens is 200 g/mol. The second-order valence-corrected chi connectivity index (χ2v) is 3.82. The summed E-state index contributed by atoms with van der Waals surface area (Å²) in [5.74, 6) is 1.36. The molecule has 0 aromatic carbocycles. The highest BCUT2D eigenvalue weighted by molar-refractivity contribution is 7.99. The molecule has 0 unspecified atom stereocenters. The highest BCUT2D eigenvalue weighted by atomic mass is 32.2. The highest BCUT2D eigenvalue weighted by Crippen LogP contribution is 2.27. The van der Waals surface area contributed by atoms with Gasteiger partial charge in [0.05, 0.1) is 0 Å². The monoisotopic (exact) mass is 210 g/mol. The van der Waals surface area contributed by atoms with Crippen molar-refractivity contribution in [1.29, 1.82) is 0 Å². The fourth-order valence-electron chi connectivity index (χ4n) is 1.02. The van der Waals surface area contributed by atoms with Crippen molar-refractivity contribution < 1.29 is 0 Å². The van der Waals surface area contributed by atoms with Crippen molar-refractivity contribution in [1.82, 2.24) is 24.7 Å². The molecule has 3 N–H and O–H groups in total. The normalized spacial score (nSPS) is 10.7. The SMILES string of the molecule is Cc1nc(Sc2nncn2C)c(N)[nH]1. The molecule has 14 heavy (non-hydrogen) atoms. The van der Waals surface area contributed by atoms with Crippen LogP contribution in [0.5, 0.6) is 0 Å². The van der Waals surface area contributed by atoms with Gasteiger partial charge in [-0.3, -0.25) is 0 Å². The van der Waals surface area contributed by atoms with Crippen LogP contribution < -0.4 is 5.73 Å². The standard InChI is InChI=1S/C7H10N6S/c1-4-10-5(8)6(11-4)14-7-12-9-3-13(7)2/h3H,8H2,1-2H3,(H,10,11). The zero-order valence-corrected chi connectivity index (χ0v) is 8.67. The van der Waals surface area contributed by atoms with E-state index >= 15 is 0 Å². The van der Waals surface area contributed by atoms with Gasteiger partial charge >= 0.3 is 0 Å². The molecule has 2 heterocycles. The number of hydrogen-bond acceptors (Lipinski definition) is 5. The highest BCUT2D eigenvalue weighted by Gasteiger charge is 2.10. The van der Waals surface area contributed by atoms with E-state index in [1.165, 1.54) is 11.8 Å². The third-order valence-electron chi connectivity index (χ3n) is 1.67. The number of H-pyrrole nitrogens is 1. The van der Waals surface area contributed by atoms with Crippen LogP contribution >= 0.6 is 11.8 Å². The Hall–Kier alpha value is -1.50. The van der Waals surface area contributed by atoms with Gasteiger partial charge < -0.3 is 15.3 Å². The molecule has 0 aliphatic rings. The van der Waals surface area contributed by atoms with Crippen molar-refractivity contribution in [2.75, 3.05) is 5.73 Å². The van der Waals surface area contributed by atoms with Gasteiger partial charge in [-0.05, 0) is 18.7 Å². The molecule has 2 rings (SSSR count). The average molecular weight is 210 g/mol. The maximum Gasteiger partial charge on any atom is 0.197 e. The van der Waals surface area contributed by atoms with Gasteiger partial charge in [0.1, 0.15) is 23.0 Å². The Morgan fingerprint density at radius 1 is 1.57 bits per heavy atom. The first kappa shape index (κ1) is 9.07. The summed E-state index contributed by atoms with van der Waals surface area (Å²) >= 11 is 1.39. The van der Waals surface area contributed by atoms with Crippen LogP contribution in [0.2, 0.25) is 0 Å². The van der Waals surface area contributed by atoms with Crippen LogP contribution in [0.15, 0.2) is 16.5 Å². The molecule has 7 heteroatoms. The van der Waals surface area contributed by atoms with E-state index in [2.05, 4.69) is 20.2 Å². The van der Waals surface area contributed by atoms with E-state index in [9.17, 15) is 0 Å². The summed E-state index contributed by atoms with van der Waals surface area (Å²) < 4.78 is 1.81. The van der Waals surface area contributed by atoms with E-state index in [0.29, 0.717) is 5.82 Å². The molecule has 0 aliphatic carbocycles. The third kappa shape index (κ3) is 1.58. The maximum absolute atomic E-state index is 5.71. The van der Waals surface area contributed by atoms with E-state index < -0.39 is 0 Å². The van der Waals surface area contributed by atoms with Gasteiger partial charge in [-0.25, -0.2) is 4.98 Å². The zero-order chi connectivity index (χ0) is 10.1. The van der Waals surface area contributed by atoms with Crippen molar-refractivity contribution in [3.8, 4) is 0 Å². The molecule has 0 atom stereocenters. The van der Waals surface area contributed by atoms with E-state index in [0.717, 1.165) is 16.0 Å². The summed E-state index contributed by atoms with van der Waals surface area (Å²) in [4.78, 5) is 7.16. The van der Waals surface area contributed by atoms with Crippen LogP contribution in [0.1, 0.15) is 5.82 Å². The van der Waals surface area contributed by atoms with Crippen LogP contribution in [0.4, 0.5) is 5.82 Å². The first-order valence-electron chi connectivity index (χ1n) is 4.00. The number of aromatic amines is 1. The molecule has 2 aromatic heterocycles. The first-order valence-corrected chi connectivity index (χ1v) is 4.82. The molecule has 0 radical (unpaired) electrons. The fraction of sp³-hybridized carbons (Fsp3) is 0.286. The predicted molar refractivity (Wildman–Crippen MR) is 52.9 cm³/mol. The fourth-order valence-corrected chi connectivity index (χ4v) is 1.81. The number of aryl methyl sites for hydroxylation is 2. The lowest BCUT2D eigenvalue weighted by molar-refractivity contribution is 0.787. The Morgan fingerprint density at radius 2 is 2.36 bits per heavy atom. The molecular formula is C7H10N6S. The molecule has 2 aromatic rings. The minimum atomic E-state index is 0.565. The molecule has 0 amide bonds. The lowest BCUT2D eigenvalue weighted by Crippen LogP contribution is -1.91. The molecule has 0 fully saturated rings. The van der Waals surface area contributed by atoms with Crippen LogP contribution in [0.3, 0.4) is 0 Å². The minimum Gasteiger partial charge on any atom is -0.383 e. The third-order valence-corrected chi connectivity index (χ3v) is 2.73. The van der Waals surface area contributed by atoms with Crippen LogP contribution in [-0.2, 0) is 7.05 Å². The number of nitrogens with one attached hydrogen (secondary N) is 1. The van der Waals surface area contributed by atoms with Crippen LogP contribution in [0, 0.1) is 6.92 Å². The smallest absolute Gasteiger partial charge is 0.197 e. The van der Waals surface area contributed by atoms with Crippen molar-refractivity contribution >= 4 is 17.6 Å². The van der Waals surface area contributed by atoms with E-state index in [-0.39, 0.29) is 0 Å². The van der Waals surface area contributed by atoms with Crippen molar-refractivity contribution in [3.05, 3.63) is 12.2 Å². The number of nitrogens with two attached hydrogens (primary N) is 1. The summed E-state index contributed by atoms with van der Waals surface area (Å²) in [5.41, 5.74) is 5.71. The molecule has 0 saturated carbocycles. The number of hydrogen-bond donors (Lipinski definition) is 2. The predicted octanol–water partition coefficient (Wildman–Crippen LogP) is 0.580. The lowest BCUT2D eigenvalue weighted by Gasteiger charge is -1.96. The van der Waals surface area contributed by atoms with E-state index in [4.69, 9.17) is 5.73 Å². The van der Waals surface area contributed by atoms with Crippen molar-refractivity contribution in [2.45, 2.75) is 17.1 Å². The molecule has 0 aliphatic heterocycles. The van der Waals surface area contributed by atoms with Gasteiger partial charge in [0, 0.05) is 7.05 Å². The number of rotatable bonds is 2. The maximum atomic E-state index is 5.71. The Labute approximate surface area is 84.9 Å². The molecule has 0 spiro atoms. The summed E-state index contributed by atoms with van der Waals surface area (Å²) in [6.45, 7) is 1.86. The van der Waals surface area contributed by atoms with Crippen LogP contribution in [0.25, 0.3) is 0 Å². The topological polar surface area (TPSA) is 85.4 Å². The first-order chi connectivity index (χ1) is 6.66. The van der Waals surface area contributed by atoms with Gasteiger partial charge in [0.25, 0.3) is 0 Å². The second-order valence-electron chi connectivity index (χ2n) is 2.87. The van der Waals surface area contributed by atoms with Crippen molar-refractivity contribution in [3.63, 3.8) is 0 Å². The number of nitrogens with zero attached hydrogens (tertiary/aromatic N) is 4. The van der Waals surface area contributed by atoms with E-state index in [1.807, 2.05) is 18.5 Å². The number of aromatic nitrogens is 5. The van der Waals surface area contributed by atoms with Gasteiger partial charge in [-0.15, -0.1) is 10.2 Å². The van der Waals surface area contributed by atoms with Gasteiger partial charge in [-0.1, -0.05) is 0 Å². The molecule has 74 valence electrons. The lowest BCUT2D eigenvalue weighted by atomic mass is 10.8. The summed E-state index contributed by atoms with van der Waals surface area (Å²) in [7, 11) is 1.87. The van der Waals surface area contributed by atoms with Crippen molar-refractivity contribution in [2.24, 2.45) is 7.05 Å². The molecule has 0 saturated heterocycles. The summed E-state index contributed by atoms with van der Waals surface area (Å²) in [6, 6.07) is 0. The summed E-state index contributed by atoms with van der Waals surface area (Å²) in [5, 5.41) is 9.20. The van der Waals surface area contributed by atoms with Gasteiger partial charge in [0.2, 0.25) is 0 Å². The van der Waals surface area contributed by atoms with E-state index in [1.54, 1.807) is 6.33 Å². The second kappa shape index (κ2) is 3.33. The average Bonchev–Trinajstić information content (AvgIpc) is 2.62. The Kier molecular flexibility index (Phi) is 2.16.